The maximum absolute atomic E-state index is 13.6. The average Bonchev–Trinajstić information content (AvgIpc) is 3.49. The second-order valence-electron chi connectivity index (χ2n) is 7.84. The van der Waals surface area contributed by atoms with Crippen LogP contribution in [0.2, 0.25) is 0 Å². The van der Waals surface area contributed by atoms with E-state index in [1.165, 1.54) is 35.0 Å². The fourth-order valence-corrected chi connectivity index (χ4v) is 6.22. The molecule has 162 valence electrons. The zero-order chi connectivity index (χ0) is 21.4. The summed E-state index contributed by atoms with van der Waals surface area (Å²) in [5.74, 6) is 1.81. The fraction of sp³-hybridized carbons (Fsp3) is 0.455. The van der Waals surface area contributed by atoms with Gasteiger partial charge in [-0.15, -0.1) is 21.5 Å². The van der Waals surface area contributed by atoms with Gasteiger partial charge in [0.15, 0.2) is 10.9 Å². The van der Waals surface area contributed by atoms with Crippen LogP contribution in [-0.2, 0) is 18.6 Å². The predicted octanol–water partition coefficient (Wildman–Crippen LogP) is 5.63. The van der Waals surface area contributed by atoms with Crippen molar-refractivity contribution in [1.82, 2.24) is 19.7 Å². The second-order valence-corrected chi connectivity index (χ2v) is 9.86. The first kappa shape index (κ1) is 20.5. The first-order valence-corrected chi connectivity index (χ1v) is 12.5. The smallest absolute Gasteiger partial charge is 0.283 e. The van der Waals surface area contributed by atoms with Crippen molar-refractivity contribution >= 4 is 33.3 Å². The Balaban J connectivity index is 1.51. The molecule has 1 unspecified atom stereocenters. The molecular weight excluding hydrogens is 432 g/mol. The Kier molecular flexibility index (Phi) is 5.71. The summed E-state index contributed by atoms with van der Waals surface area (Å²) in [6.07, 6.45) is 8.03. The van der Waals surface area contributed by atoms with Crippen LogP contribution < -0.4 is 5.56 Å². The first-order valence-electron chi connectivity index (χ1n) is 10.7. The molecule has 0 N–H and O–H groups in total. The van der Waals surface area contributed by atoms with Gasteiger partial charge in [0.05, 0.1) is 17.4 Å². The minimum Gasteiger partial charge on any atom is -0.459 e. The van der Waals surface area contributed by atoms with Crippen LogP contribution in [0.5, 0.6) is 0 Å². The molecule has 9 heteroatoms. The third kappa shape index (κ3) is 3.85. The van der Waals surface area contributed by atoms with Gasteiger partial charge in [0.25, 0.3) is 11.4 Å². The topological polar surface area (TPSA) is 86.9 Å². The fourth-order valence-electron chi connectivity index (χ4n) is 3.99. The molecule has 0 radical (unpaired) electrons. The maximum atomic E-state index is 13.6. The van der Waals surface area contributed by atoms with Gasteiger partial charge in [0.2, 0.25) is 5.89 Å². The Morgan fingerprint density at radius 3 is 2.94 bits per heavy atom. The Morgan fingerprint density at radius 2 is 2.13 bits per heavy atom. The van der Waals surface area contributed by atoms with Crippen LogP contribution in [0.1, 0.15) is 61.9 Å². The number of thioether (sulfide) groups is 1. The van der Waals surface area contributed by atoms with E-state index in [9.17, 15) is 4.79 Å². The van der Waals surface area contributed by atoms with Crippen molar-refractivity contribution in [2.45, 2.75) is 69.3 Å². The van der Waals surface area contributed by atoms with Gasteiger partial charge >= 0.3 is 0 Å². The number of hydrogen-bond acceptors (Lipinski definition) is 8. The minimum absolute atomic E-state index is 0.0644. The summed E-state index contributed by atoms with van der Waals surface area (Å²) in [4.78, 5) is 20.8. The van der Waals surface area contributed by atoms with Crippen molar-refractivity contribution in [3.05, 3.63) is 45.1 Å². The van der Waals surface area contributed by atoms with Crippen molar-refractivity contribution < 1.29 is 8.83 Å². The van der Waals surface area contributed by atoms with Gasteiger partial charge in [-0.1, -0.05) is 25.1 Å². The molecule has 0 fully saturated rings. The Morgan fingerprint density at radius 1 is 1.26 bits per heavy atom. The molecule has 1 aliphatic rings. The lowest BCUT2D eigenvalue weighted by molar-refractivity contribution is 0.467. The van der Waals surface area contributed by atoms with Crippen LogP contribution >= 0.6 is 23.1 Å². The van der Waals surface area contributed by atoms with Gasteiger partial charge < -0.3 is 8.83 Å². The van der Waals surface area contributed by atoms with Gasteiger partial charge in [-0.25, -0.2) is 4.98 Å². The molecular formula is C22H24N4O3S2. The van der Waals surface area contributed by atoms with Crippen molar-refractivity contribution in [3.8, 4) is 11.7 Å². The highest BCUT2D eigenvalue weighted by Gasteiger charge is 2.23. The third-order valence-corrected chi connectivity index (χ3v) is 7.92. The molecule has 0 bridgehead atoms. The van der Waals surface area contributed by atoms with E-state index in [1.54, 1.807) is 29.7 Å². The first-order chi connectivity index (χ1) is 15.2. The zero-order valence-electron chi connectivity index (χ0n) is 17.6. The monoisotopic (exact) mass is 456 g/mol. The lowest BCUT2D eigenvalue weighted by atomic mass is 10.1. The largest absolute Gasteiger partial charge is 0.459 e. The zero-order valence-corrected chi connectivity index (χ0v) is 19.2. The van der Waals surface area contributed by atoms with Gasteiger partial charge in [-0.3, -0.25) is 9.36 Å². The van der Waals surface area contributed by atoms with E-state index < -0.39 is 0 Å². The van der Waals surface area contributed by atoms with Crippen LogP contribution in [0.3, 0.4) is 0 Å². The van der Waals surface area contributed by atoms with Crippen molar-refractivity contribution in [2.24, 2.45) is 0 Å². The van der Waals surface area contributed by atoms with Crippen LogP contribution in [0.15, 0.2) is 37.2 Å². The standard InChI is InChI=1S/C22H24N4O3S2/c1-3-13(2)26-21(27)18-14-8-5-4-6-10-16(14)31-20(18)23-22(26)30-12-17-24-25-19(29-17)15-9-7-11-28-15/h7,9,11,13H,3-6,8,10,12H2,1-2H3. The molecule has 0 spiro atoms. The molecule has 31 heavy (non-hydrogen) atoms. The number of aryl methyl sites for hydroxylation is 2. The Bertz CT molecular complexity index is 1260. The lowest BCUT2D eigenvalue weighted by Crippen LogP contribution is -2.26. The molecule has 1 aliphatic carbocycles. The van der Waals surface area contributed by atoms with Crippen LogP contribution in [0.25, 0.3) is 21.9 Å². The van der Waals surface area contributed by atoms with E-state index in [1.807, 2.05) is 4.57 Å². The summed E-state index contributed by atoms with van der Waals surface area (Å²) in [7, 11) is 0. The number of thiophene rings is 1. The molecule has 0 saturated heterocycles. The quantitative estimate of drug-likeness (QED) is 0.211. The number of furan rings is 1. The summed E-state index contributed by atoms with van der Waals surface area (Å²) in [5, 5.41) is 9.72. The van der Waals surface area contributed by atoms with Crippen molar-refractivity contribution in [2.75, 3.05) is 0 Å². The minimum atomic E-state index is 0.0644. The Labute approximate surface area is 187 Å². The molecule has 1 atom stereocenters. The number of nitrogens with zero attached hydrogens (tertiary/aromatic N) is 4. The molecule has 4 aromatic heterocycles. The van der Waals surface area contributed by atoms with Crippen molar-refractivity contribution in [1.29, 1.82) is 0 Å². The number of fused-ring (bicyclic) bond motifs is 3. The van der Waals surface area contributed by atoms with Crippen LogP contribution in [0.4, 0.5) is 0 Å². The Hall–Kier alpha value is -2.39. The van der Waals surface area contributed by atoms with Crippen LogP contribution in [0, 0.1) is 0 Å². The van der Waals surface area contributed by atoms with E-state index in [0.29, 0.717) is 28.5 Å². The van der Waals surface area contributed by atoms with Crippen molar-refractivity contribution in [3.63, 3.8) is 0 Å². The molecule has 4 aromatic rings. The summed E-state index contributed by atoms with van der Waals surface area (Å²) < 4.78 is 12.9. The molecule has 0 aromatic carbocycles. The molecule has 0 aliphatic heterocycles. The van der Waals surface area contributed by atoms with E-state index in [-0.39, 0.29) is 11.6 Å². The SMILES string of the molecule is CCC(C)n1c(SCc2nnc(-c3ccco3)o2)nc2sc3c(c2c1=O)CCCCC3. The van der Waals surface area contributed by atoms with E-state index in [4.69, 9.17) is 13.8 Å². The molecule has 0 saturated carbocycles. The predicted molar refractivity (Wildman–Crippen MR) is 122 cm³/mol. The third-order valence-electron chi connectivity index (χ3n) is 5.79. The highest BCUT2D eigenvalue weighted by Crippen LogP contribution is 2.35. The van der Waals surface area contributed by atoms with E-state index in [2.05, 4.69) is 24.0 Å². The van der Waals surface area contributed by atoms with Gasteiger partial charge in [0.1, 0.15) is 4.83 Å². The molecule has 0 amide bonds. The number of rotatable bonds is 6. The normalized spacial score (nSPS) is 15.2. The summed E-state index contributed by atoms with van der Waals surface area (Å²) in [6, 6.07) is 3.62. The van der Waals surface area contributed by atoms with Gasteiger partial charge in [-0.05, 0) is 56.7 Å². The maximum Gasteiger partial charge on any atom is 0.283 e. The lowest BCUT2D eigenvalue weighted by Gasteiger charge is -2.17. The highest BCUT2D eigenvalue weighted by atomic mass is 32.2. The van der Waals surface area contributed by atoms with E-state index >= 15 is 0 Å². The van der Waals surface area contributed by atoms with Gasteiger partial charge in [-0.2, -0.15) is 0 Å². The summed E-state index contributed by atoms with van der Waals surface area (Å²) >= 11 is 3.16. The number of hydrogen-bond donors (Lipinski definition) is 0. The van der Waals surface area contributed by atoms with Crippen LogP contribution in [-0.4, -0.2) is 19.7 Å². The van der Waals surface area contributed by atoms with E-state index in [0.717, 1.165) is 35.9 Å². The molecule has 5 rings (SSSR count). The second kappa shape index (κ2) is 8.63. The molecule has 4 heterocycles. The summed E-state index contributed by atoms with van der Waals surface area (Å²) in [5.41, 5.74) is 1.33. The number of aromatic nitrogens is 4. The highest BCUT2D eigenvalue weighted by molar-refractivity contribution is 7.98. The molecule has 7 nitrogen and oxygen atoms in total. The summed E-state index contributed by atoms with van der Waals surface area (Å²) in [6.45, 7) is 4.17. The average molecular weight is 457 g/mol. The van der Waals surface area contributed by atoms with Gasteiger partial charge in [0, 0.05) is 10.9 Å².